The van der Waals surface area contributed by atoms with E-state index in [2.05, 4.69) is 40.1 Å². The zero-order valence-corrected chi connectivity index (χ0v) is 15.2. The predicted molar refractivity (Wildman–Crippen MR) is 94.8 cm³/mol. The van der Waals surface area contributed by atoms with Crippen molar-refractivity contribution >= 4 is 16.7 Å². The molecule has 24 heavy (non-hydrogen) atoms. The van der Waals surface area contributed by atoms with E-state index in [4.69, 9.17) is 0 Å². The average Bonchev–Trinajstić information content (AvgIpc) is 3.21. The third-order valence-corrected chi connectivity index (χ3v) is 5.46. The summed E-state index contributed by atoms with van der Waals surface area (Å²) in [4.78, 5) is 19.0. The number of aromatic nitrogens is 4. The molecular formula is C17H23N5OS. The van der Waals surface area contributed by atoms with Gasteiger partial charge in [0.05, 0.1) is 12.2 Å². The molecule has 2 aromatic rings. The van der Waals surface area contributed by atoms with Crippen LogP contribution in [0.25, 0.3) is 0 Å². The first-order valence-corrected chi connectivity index (χ1v) is 9.35. The van der Waals surface area contributed by atoms with Gasteiger partial charge in [-0.05, 0) is 18.9 Å². The SMILES string of the molecule is CC(C)(C)c1ccc(=O)n(CC2CN(c3nc(C4CC4)ns3)C2)n1. The second-order valence-electron chi connectivity index (χ2n) is 7.97. The first-order chi connectivity index (χ1) is 11.4. The average molecular weight is 345 g/mol. The van der Waals surface area contributed by atoms with Crippen LogP contribution in [0.3, 0.4) is 0 Å². The Hall–Kier alpha value is -1.76. The van der Waals surface area contributed by atoms with Crippen LogP contribution in [0.15, 0.2) is 16.9 Å². The minimum atomic E-state index is -0.0487. The van der Waals surface area contributed by atoms with Gasteiger partial charge in [0.15, 0.2) is 0 Å². The summed E-state index contributed by atoms with van der Waals surface area (Å²) in [6.45, 7) is 8.86. The molecule has 7 heteroatoms. The molecule has 3 heterocycles. The molecule has 1 saturated carbocycles. The van der Waals surface area contributed by atoms with E-state index in [1.54, 1.807) is 10.7 Å². The Morgan fingerprint density at radius 1 is 1.25 bits per heavy atom. The molecule has 2 aromatic heterocycles. The zero-order chi connectivity index (χ0) is 16.9. The highest BCUT2D eigenvalue weighted by molar-refractivity contribution is 7.09. The zero-order valence-electron chi connectivity index (χ0n) is 14.4. The van der Waals surface area contributed by atoms with Gasteiger partial charge in [-0.1, -0.05) is 20.8 Å². The Kier molecular flexibility index (Phi) is 3.71. The molecule has 1 aliphatic carbocycles. The maximum absolute atomic E-state index is 12.1. The molecule has 128 valence electrons. The van der Waals surface area contributed by atoms with Crippen molar-refractivity contribution < 1.29 is 0 Å². The maximum atomic E-state index is 12.1. The van der Waals surface area contributed by atoms with Crippen molar-refractivity contribution in [3.05, 3.63) is 34.0 Å². The lowest BCUT2D eigenvalue weighted by molar-refractivity contribution is 0.329. The summed E-state index contributed by atoms with van der Waals surface area (Å²) in [5.74, 6) is 2.07. The van der Waals surface area contributed by atoms with Gasteiger partial charge in [0, 0.05) is 47.9 Å². The summed E-state index contributed by atoms with van der Waals surface area (Å²) < 4.78 is 6.09. The molecule has 0 radical (unpaired) electrons. The van der Waals surface area contributed by atoms with E-state index >= 15 is 0 Å². The molecule has 6 nitrogen and oxygen atoms in total. The molecule has 0 unspecified atom stereocenters. The minimum absolute atomic E-state index is 0.0200. The molecule has 0 spiro atoms. The number of hydrogen-bond acceptors (Lipinski definition) is 6. The number of hydrogen-bond donors (Lipinski definition) is 0. The van der Waals surface area contributed by atoms with Gasteiger partial charge in [-0.25, -0.2) is 9.67 Å². The van der Waals surface area contributed by atoms with Crippen LogP contribution < -0.4 is 10.5 Å². The van der Waals surface area contributed by atoms with Gasteiger partial charge in [0.1, 0.15) is 5.82 Å². The lowest BCUT2D eigenvalue weighted by atomic mass is 9.92. The minimum Gasteiger partial charge on any atom is -0.346 e. The van der Waals surface area contributed by atoms with Gasteiger partial charge >= 0.3 is 0 Å². The predicted octanol–water partition coefficient (Wildman–Crippen LogP) is 2.41. The van der Waals surface area contributed by atoms with Gasteiger partial charge in [0.25, 0.3) is 5.56 Å². The van der Waals surface area contributed by atoms with Crippen LogP contribution in [0.5, 0.6) is 0 Å². The quantitative estimate of drug-likeness (QED) is 0.851. The lowest BCUT2D eigenvalue weighted by Gasteiger charge is -2.38. The summed E-state index contributed by atoms with van der Waals surface area (Å²) in [5.41, 5.74) is 0.886. The van der Waals surface area contributed by atoms with E-state index in [0.717, 1.165) is 29.7 Å². The van der Waals surface area contributed by atoms with E-state index in [1.165, 1.54) is 24.4 Å². The first-order valence-electron chi connectivity index (χ1n) is 8.57. The standard InChI is InChI=1S/C17H23N5OS/c1-17(2,3)13-6-7-14(23)22(19-13)10-11-8-21(9-11)16-18-15(20-24-16)12-4-5-12/h6-7,11-12H,4-5,8-10H2,1-3H3. The fourth-order valence-electron chi connectivity index (χ4n) is 2.93. The third-order valence-electron chi connectivity index (χ3n) is 4.67. The van der Waals surface area contributed by atoms with Crippen molar-refractivity contribution in [2.75, 3.05) is 18.0 Å². The molecule has 1 saturated heterocycles. The van der Waals surface area contributed by atoms with Crippen molar-refractivity contribution in [3.63, 3.8) is 0 Å². The van der Waals surface area contributed by atoms with Gasteiger partial charge in [-0.15, -0.1) is 0 Å². The van der Waals surface area contributed by atoms with Gasteiger partial charge < -0.3 is 4.90 Å². The highest BCUT2D eigenvalue weighted by Crippen LogP contribution is 2.40. The first kappa shape index (κ1) is 15.7. The molecule has 2 aliphatic rings. The second-order valence-corrected chi connectivity index (χ2v) is 8.70. The number of anilines is 1. The second kappa shape index (κ2) is 5.65. The molecular weight excluding hydrogens is 322 g/mol. The molecule has 1 aliphatic heterocycles. The topological polar surface area (TPSA) is 63.9 Å². The summed E-state index contributed by atoms with van der Waals surface area (Å²) in [5, 5.41) is 5.58. The molecule has 0 amide bonds. The normalized spacial score (nSPS) is 18.7. The van der Waals surface area contributed by atoms with E-state index in [0.29, 0.717) is 18.4 Å². The molecule has 0 aromatic carbocycles. The smallest absolute Gasteiger partial charge is 0.266 e. The third kappa shape index (κ3) is 3.09. The van der Waals surface area contributed by atoms with E-state index in [1.807, 2.05) is 6.07 Å². The summed E-state index contributed by atoms with van der Waals surface area (Å²) >= 11 is 1.50. The Bertz CT molecular complexity index is 796. The molecule has 2 fully saturated rings. The highest BCUT2D eigenvalue weighted by Gasteiger charge is 2.33. The van der Waals surface area contributed by atoms with Crippen LogP contribution in [0.2, 0.25) is 0 Å². The molecule has 0 atom stereocenters. The van der Waals surface area contributed by atoms with Crippen LogP contribution in [0.4, 0.5) is 5.13 Å². The Morgan fingerprint density at radius 2 is 2.00 bits per heavy atom. The molecule has 0 N–H and O–H groups in total. The van der Waals surface area contributed by atoms with Gasteiger partial charge in [0.2, 0.25) is 5.13 Å². The van der Waals surface area contributed by atoms with Crippen molar-refractivity contribution in [1.29, 1.82) is 0 Å². The van der Waals surface area contributed by atoms with Crippen LogP contribution in [-0.2, 0) is 12.0 Å². The fourth-order valence-corrected chi connectivity index (χ4v) is 3.69. The van der Waals surface area contributed by atoms with Gasteiger partial charge in [-0.3, -0.25) is 4.79 Å². The molecule has 0 bridgehead atoms. The van der Waals surface area contributed by atoms with E-state index < -0.39 is 0 Å². The van der Waals surface area contributed by atoms with Crippen LogP contribution in [0.1, 0.15) is 51.0 Å². The summed E-state index contributed by atoms with van der Waals surface area (Å²) in [7, 11) is 0. The van der Waals surface area contributed by atoms with Crippen molar-refractivity contribution in [2.24, 2.45) is 5.92 Å². The van der Waals surface area contributed by atoms with Crippen LogP contribution >= 0.6 is 11.5 Å². The fraction of sp³-hybridized carbons (Fsp3) is 0.647. The maximum Gasteiger partial charge on any atom is 0.266 e. The molecule has 4 rings (SSSR count). The number of rotatable bonds is 4. The van der Waals surface area contributed by atoms with Gasteiger partial charge in [-0.2, -0.15) is 9.47 Å². The monoisotopic (exact) mass is 345 g/mol. The Labute approximate surface area is 145 Å². The van der Waals surface area contributed by atoms with Crippen molar-refractivity contribution in [1.82, 2.24) is 19.1 Å². The lowest BCUT2D eigenvalue weighted by Crippen LogP contribution is -2.49. The van der Waals surface area contributed by atoms with Crippen molar-refractivity contribution in [3.8, 4) is 0 Å². The summed E-state index contributed by atoms with van der Waals surface area (Å²) in [6.07, 6.45) is 2.47. The van der Waals surface area contributed by atoms with Crippen molar-refractivity contribution in [2.45, 2.75) is 51.5 Å². The van der Waals surface area contributed by atoms with E-state index in [-0.39, 0.29) is 11.0 Å². The van der Waals surface area contributed by atoms with Crippen LogP contribution in [0, 0.1) is 5.92 Å². The highest BCUT2D eigenvalue weighted by atomic mass is 32.1. The van der Waals surface area contributed by atoms with Crippen LogP contribution in [-0.4, -0.2) is 32.2 Å². The largest absolute Gasteiger partial charge is 0.346 e. The Morgan fingerprint density at radius 3 is 2.67 bits per heavy atom. The Balaban J connectivity index is 1.40. The number of nitrogens with zero attached hydrogens (tertiary/aromatic N) is 5. The summed E-state index contributed by atoms with van der Waals surface area (Å²) in [6, 6.07) is 3.48. The van der Waals surface area contributed by atoms with E-state index in [9.17, 15) is 4.79 Å².